The van der Waals surface area contributed by atoms with Crippen LogP contribution < -0.4 is 11.5 Å². The second kappa shape index (κ2) is 8.64. The number of aromatic nitrogens is 1. The van der Waals surface area contributed by atoms with Gasteiger partial charge in [-0.1, -0.05) is 29.8 Å². The van der Waals surface area contributed by atoms with E-state index >= 15 is 0 Å². The molecule has 9 heteroatoms. The quantitative estimate of drug-likeness (QED) is 0.486. The van der Waals surface area contributed by atoms with E-state index < -0.39 is 23.8 Å². The van der Waals surface area contributed by atoms with E-state index in [2.05, 4.69) is 10.3 Å². The predicted molar refractivity (Wildman–Crippen MR) is 104 cm³/mol. The second-order valence-corrected chi connectivity index (χ2v) is 6.29. The maximum absolute atomic E-state index is 13.9. The zero-order valence-corrected chi connectivity index (χ0v) is 15.3. The van der Waals surface area contributed by atoms with Crippen LogP contribution in [0.2, 0.25) is 5.02 Å². The van der Waals surface area contributed by atoms with E-state index in [9.17, 15) is 24.2 Å². The summed E-state index contributed by atoms with van der Waals surface area (Å²) in [6, 6.07) is 10.6. The third-order valence-corrected chi connectivity index (χ3v) is 4.23. The summed E-state index contributed by atoms with van der Waals surface area (Å²) >= 11 is 5.92. The third kappa shape index (κ3) is 4.54. The first kappa shape index (κ1) is 21.1. The second-order valence-electron chi connectivity index (χ2n) is 5.86. The van der Waals surface area contributed by atoms with E-state index in [-0.39, 0.29) is 29.5 Å². The molecule has 1 unspecified atom stereocenters. The van der Waals surface area contributed by atoms with Crippen molar-refractivity contribution < 1.29 is 24.2 Å². The van der Waals surface area contributed by atoms with Crippen LogP contribution in [0.3, 0.4) is 0 Å². The lowest BCUT2D eigenvalue weighted by Crippen LogP contribution is -2.33. The van der Waals surface area contributed by atoms with E-state index in [1.807, 2.05) is 0 Å². The Balaban J connectivity index is 0.00000280. The van der Waals surface area contributed by atoms with Gasteiger partial charge in [0, 0.05) is 16.8 Å². The number of hydrogen-bond acceptors (Lipinski definition) is 5. The molecule has 2 aromatic carbocycles. The van der Waals surface area contributed by atoms with Crippen molar-refractivity contribution in [2.45, 2.75) is 12.5 Å². The van der Waals surface area contributed by atoms with Gasteiger partial charge >= 0.3 is 11.9 Å². The summed E-state index contributed by atoms with van der Waals surface area (Å²) < 4.78 is 13.9. The van der Waals surface area contributed by atoms with E-state index in [4.69, 9.17) is 11.6 Å². The normalized spacial score (nSPS) is 11.5. The van der Waals surface area contributed by atoms with Crippen molar-refractivity contribution in [3.8, 4) is 0 Å². The number of nitrogens with zero attached hydrogens (tertiary/aromatic N) is 1. The number of fused-ring (bicyclic) bond motifs is 1. The van der Waals surface area contributed by atoms with Crippen LogP contribution in [0.4, 0.5) is 10.2 Å². The molecule has 0 saturated heterocycles. The topological polar surface area (TPSA) is 135 Å². The van der Waals surface area contributed by atoms with Gasteiger partial charge in [0.05, 0.1) is 5.52 Å². The average Bonchev–Trinajstić information content (AvgIpc) is 2.62. The molecule has 7 nitrogen and oxygen atoms in total. The van der Waals surface area contributed by atoms with Crippen molar-refractivity contribution in [3.05, 3.63) is 70.5 Å². The van der Waals surface area contributed by atoms with Crippen LogP contribution >= 0.6 is 11.6 Å². The number of benzene rings is 2. The van der Waals surface area contributed by atoms with Gasteiger partial charge in [-0.15, -0.1) is 0 Å². The number of nitrogens with one attached hydrogen (secondary N) is 1. The van der Waals surface area contributed by atoms with Crippen molar-refractivity contribution in [2.24, 2.45) is 0 Å². The first-order valence-corrected chi connectivity index (χ1v) is 8.29. The van der Waals surface area contributed by atoms with Crippen LogP contribution in [0.25, 0.3) is 10.9 Å². The van der Waals surface area contributed by atoms with E-state index in [1.165, 1.54) is 24.3 Å². The third-order valence-electron chi connectivity index (χ3n) is 4.00. The number of carboxylic acid groups (broad SMARTS) is 2. The fraction of sp³-hybridized carbons (Fsp3) is 0.105. The lowest BCUT2D eigenvalue weighted by Gasteiger charge is -2.17. The largest absolute Gasteiger partial charge is 0.480 e. The zero-order valence-electron chi connectivity index (χ0n) is 14.5. The monoisotopic (exact) mass is 405 g/mol. The Kier molecular flexibility index (Phi) is 6.50. The van der Waals surface area contributed by atoms with Gasteiger partial charge < -0.3 is 21.7 Å². The molecule has 0 amide bonds. The number of hydrogen-bond donors (Lipinski definition) is 4. The van der Waals surface area contributed by atoms with Crippen LogP contribution in [-0.2, 0) is 11.2 Å². The summed E-state index contributed by atoms with van der Waals surface area (Å²) in [6.45, 7) is 0. The first-order chi connectivity index (χ1) is 12.8. The van der Waals surface area contributed by atoms with Crippen molar-refractivity contribution in [2.75, 3.05) is 5.32 Å². The van der Waals surface area contributed by atoms with Crippen molar-refractivity contribution >= 4 is 40.3 Å². The van der Waals surface area contributed by atoms with E-state index in [1.54, 1.807) is 24.3 Å². The highest BCUT2D eigenvalue weighted by Crippen LogP contribution is 2.24. The first-order valence-electron chi connectivity index (χ1n) is 7.91. The van der Waals surface area contributed by atoms with Crippen LogP contribution in [-0.4, -0.2) is 33.2 Å². The van der Waals surface area contributed by atoms with E-state index in [0.29, 0.717) is 15.9 Å². The predicted octanol–water partition coefficient (Wildman–Crippen LogP) is 4.00. The van der Waals surface area contributed by atoms with Crippen LogP contribution in [0.1, 0.15) is 15.9 Å². The Labute approximate surface area is 164 Å². The molecule has 28 heavy (non-hydrogen) atoms. The van der Waals surface area contributed by atoms with Gasteiger partial charge in [-0.3, -0.25) is 0 Å². The van der Waals surface area contributed by atoms with Gasteiger partial charge in [-0.25, -0.2) is 19.0 Å². The van der Waals surface area contributed by atoms with Crippen LogP contribution in [0.5, 0.6) is 0 Å². The minimum atomic E-state index is -1.28. The molecule has 0 fully saturated rings. The fourth-order valence-electron chi connectivity index (χ4n) is 2.67. The highest BCUT2D eigenvalue weighted by molar-refractivity contribution is 6.31. The fourth-order valence-corrected chi connectivity index (χ4v) is 2.85. The lowest BCUT2D eigenvalue weighted by atomic mass is 10.0. The van der Waals surface area contributed by atoms with Crippen LogP contribution in [0.15, 0.2) is 48.5 Å². The maximum atomic E-state index is 13.9. The summed E-state index contributed by atoms with van der Waals surface area (Å²) in [7, 11) is 0. The SMILES string of the molecule is N.O=C(O)c1cc2cc(Cl)ccc2nc1NC(Cc1ccccc1F)C(=O)O. The molecule has 1 atom stereocenters. The van der Waals surface area contributed by atoms with Gasteiger partial charge in [0.25, 0.3) is 0 Å². The molecule has 3 aromatic rings. The number of pyridine rings is 1. The minimum Gasteiger partial charge on any atom is -0.480 e. The number of aliphatic carboxylic acids is 1. The molecule has 0 aliphatic carbocycles. The molecular formula is C19H17ClFN3O4. The summed E-state index contributed by atoms with van der Waals surface area (Å²) in [5.41, 5.74) is 0.438. The smallest absolute Gasteiger partial charge is 0.339 e. The van der Waals surface area contributed by atoms with Gasteiger partial charge in [-0.2, -0.15) is 0 Å². The number of aromatic carboxylic acids is 1. The van der Waals surface area contributed by atoms with E-state index in [0.717, 1.165) is 0 Å². The Morgan fingerprint density at radius 1 is 1.14 bits per heavy atom. The van der Waals surface area contributed by atoms with Crippen molar-refractivity contribution in [1.29, 1.82) is 0 Å². The average molecular weight is 406 g/mol. The molecule has 0 bridgehead atoms. The van der Waals surface area contributed by atoms with Gasteiger partial charge in [0.15, 0.2) is 0 Å². The van der Waals surface area contributed by atoms with Crippen molar-refractivity contribution in [3.63, 3.8) is 0 Å². The maximum Gasteiger partial charge on any atom is 0.339 e. The van der Waals surface area contributed by atoms with Crippen molar-refractivity contribution in [1.82, 2.24) is 11.1 Å². The Hall–Kier alpha value is -3.23. The summed E-state index contributed by atoms with van der Waals surface area (Å²) in [4.78, 5) is 27.4. The number of carbonyl (C=O) groups is 2. The van der Waals surface area contributed by atoms with Gasteiger partial charge in [0.1, 0.15) is 23.2 Å². The standard InChI is InChI=1S/C19H14ClFN2O4.H3N/c20-12-5-6-15-11(7-12)8-13(18(24)25)17(22-15)23-16(19(26)27)9-10-3-1-2-4-14(10)21;/h1-8,16H,9H2,(H,22,23)(H,24,25)(H,26,27);1H3. The minimum absolute atomic E-state index is 0. The molecule has 6 N–H and O–H groups in total. The van der Waals surface area contributed by atoms with Crippen LogP contribution in [0, 0.1) is 5.82 Å². The highest BCUT2D eigenvalue weighted by Gasteiger charge is 2.23. The Bertz CT molecular complexity index is 1040. The molecule has 3 rings (SSSR count). The number of halogens is 2. The molecule has 1 heterocycles. The molecule has 146 valence electrons. The number of carboxylic acids is 2. The molecule has 0 aliphatic heterocycles. The number of anilines is 1. The molecule has 1 aromatic heterocycles. The molecule has 0 aliphatic rings. The Morgan fingerprint density at radius 3 is 2.50 bits per heavy atom. The molecule has 0 spiro atoms. The van der Waals surface area contributed by atoms with Gasteiger partial charge in [0.2, 0.25) is 0 Å². The number of rotatable bonds is 6. The summed E-state index contributed by atoms with van der Waals surface area (Å²) in [5.74, 6) is -3.18. The molecule has 0 radical (unpaired) electrons. The zero-order chi connectivity index (χ0) is 19.6. The van der Waals surface area contributed by atoms with Gasteiger partial charge in [-0.05, 0) is 35.9 Å². The molecular weight excluding hydrogens is 389 g/mol. The molecule has 0 saturated carbocycles. The summed E-state index contributed by atoms with van der Waals surface area (Å²) in [6.07, 6.45) is -0.179. The lowest BCUT2D eigenvalue weighted by molar-refractivity contribution is -0.137. The highest BCUT2D eigenvalue weighted by atomic mass is 35.5. The Morgan fingerprint density at radius 2 is 1.86 bits per heavy atom. The summed E-state index contributed by atoms with van der Waals surface area (Å²) in [5, 5.41) is 22.5.